The van der Waals surface area contributed by atoms with E-state index in [0.29, 0.717) is 47.6 Å². The molecule has 1 fully saturated rings. The summed E-state index contributed by atoms with van der Waals surface area (Å²) in [5.74, 6) is -2.23. The van der Waals surface area contributed by atoms with Crippen LogP contribution in [0.5, 0.6) is 11.5 Å². The fourth-order valence-corrected chi connectivity index (χ4v) is 4.44. The van der Waals surface area contributed by atoms with Crippen molar-refractivity contribution in [3.05, 3.63) is 53.1 Å². The van der Waals surface area contributed by atoms with Crippen LogP contribution in [0.2, 0.25) is 0 Å². The zero-order chi connectivity index (χ0) is 26.3. The first-order valence-electron chi connectivity index (χ1n) is 11.9. The zero-order valence-electron chi connectivity index (χ0n) is 21.4. The third-order valence-corrected chi connectivity index (χ3v) is 7.04. The zero-order valence-corrected chi connectivity index (χ0v) is 21.4. The first kappa shape index (κ1) is 26.0. The SMILES string of the molecule is COc1cc2nc(C)nc(N[C@H](C)c3cccc(C(C)(F)F)c3F)c2cc1OCC1(C(C)OC)CC1. The topological polar surface area (TPSA) is 65.5 Å². The maximum Gasteiger partial charge on any atom is 0.273 e. The molecule has 1 saturated carbocycles. The second kappa shape index (κ2) is 9.76. The van der Waals surface area contributed by atoms with Crippen molar-refractivity contribution >= 4 is 16.7 Å². The average molecular weight is 504 g/mol. The van der Waals surface area contributed by atoms with Gasteiger partial charge in [0.2, 0.25) is 0 Å². The lowest BCUT2D eigenvalue weighted by Crippen LogP contribution is -2.27. The van der Waals surface area contributed by atoms with Crippen LogP contribution >= 0.6 is 0 Å². The van der Waals surface area contributed by atoms with Gasteiger partial charge in [-0.15, -0.1) is 0 Å². The van der Waals surface area contributed by atoms with Crippen molar-refractivity contribution in [1.29, 1.82) is 0 Å². The molecule has 6 nitrogen and oxygen atoms in total. The highest BCUT2D eigenvalue weighted by Gasteiger charge is 2.48. The van der Waals surface area contributed by atoms with E-state index < -0.39 is 23.3 Å². The predicted octanol–water partition coefficient (Wildman–Crippen LogP) is 6.56. The van der Waals surface area contributed by atoms with Gasteiger partial charge in [-0.05, 0) is 39.7 Å². The molecule has 1 aliphatic rings. The minimum Gasteiger partial charge on any atom is -0.493 e. The fourth-order valence-electron chi connectivity index (χ4n) is 4.44. The number of alkyl halides is 2. The highest BCUT2D eigenvalue weighted by molar-refractivity contribution is 5.92. The summed E-state index contributed by atoms with van der Waals surface area (Å²) in [6.45, 7) is 6.63. The maximum absolute atomic E-state index is 15.0. The molecule has 0 amide bonds. The van der Waals surface area contributed by atoms with Crippen molar-refractivity contribution in [2.24, 2.45) is 5.41 Å². The van der Waals surface area contributed by atoms with Crippen LogP contribution in [0.1, 0.15) is 56.6 Å². The maximum atomic E-state index is 15.0. The molecule has 4 rings (SSSR count). The van der Waals surface area contributed by atoms with Gasteiger partial charge in [0.05, 0.1) is 36.9 Å². The summed E-state index contributed by atoms with van der Waals surface area (Å²) in [5, 5.41) is 3.83. The van der Waals surface area contributed by atoms with Gasteiger partial charge in [-0.3, -0.25) is 0 Å². The second-order valence-corrected chi connectivity index (χ2v) is 9.63. The number of anilines is 1. The lowest BCUT2D eigenvalue weighted by Gasteiger charge is -2.23. The molecule has 3 aromatic rings. The summed E-state index contributed by atoms with van der Waals surface area (Å²) in [7, 11) is 3.26. The van der Waals surface area contributed by atoms with E-state index in [9.17, 15) is 13.2 Å². The molecular formula is C27H32F3N3O3. The number of ether oxygens (including phenoxy) is 3. The summed E-state index contributed by atoms with van der Waals surface area (Å²) in [6, 6.07) is 6.94. The van der Waals surface area contributed by atoms with Crippen LogP contribution in [0.3, 0.4) is 0 Å². The van der Waals surface area contributed by atoms with Crippen LogP contribution in [0.25, 0.3) is 10.9 Å². The van der Waals surface area contributed by atoms with Crippen LogP contribution in [-0.2, 0) is 10.7 Å². The van der Waals surface area contributed by atoms with Gasteiger partial charge in [-0.2, -0.15) is 0 Å². The molecule has 1 aliphatic carbocycles. The van der Waals surface area contributed by atoms with E-state index in [0.717, 1.165) is 18.9 Å². The minimum atomic E-state index is -3.29. The molecule has 0 radical (unpaired) electrons. The third kappa shape index (κ3) is 5.07. The van der Waals surface area contributed by atoms with Gasteiger partial charge in [-0.25, -0.2) is 23.1 Å². The van der Waals surface area contributed by atoms with Crippen LogP contribution in [0, 0.1) is 18.2 Å². The van der Waals surface area contributed by atoms with E-state index in [2.05, 4.69) is 15.3 Å². The Bertz CT molecular complexity index is 1260. The van der Waals surface area contributed by atoms with E-state index in [-0.39, 0.29) is 17.1 Å². The Labute approximate surface area is 209 Å². The average Bonchev–Trinajstić information content (AvgIpc) is 3.62. The Hall–Kier alpha value is -3.07. The summed E-state index contributed by atoms with van der Waals surface area (Å²) in [5.41, 5.74) is 0.0599. The molecule has 1 unspecified atom stereocenters. The summed E-state index contributed by atoms with van der Waals surface area (Å²) in [6.07, 6.45) is 2.10. The second-order valence-electron chi connectivity index (χ2n) is 9.63. The Morgan fingerprint density at radius 1 is 1.11 bits per heavy atom. The number of hydrogen-bond acceptors (Lipinski definition) is 6. The number of nitrogens with zero attached hydrogens (tertiary/aromatic N) is 2. The van der Waals surface area contributed by atoms with Gasteiger partial charge in [0.1, 0.15) is 17.5 Å². The Kier molecular flexibility index (Phi) is 7.05. The first-order valence-corrected chi connectivity index (χ1v) is 11.9. The molecule has 2 atom stereocenters. The van der Waals surface area contributed by atoms with Crippen molar-refractivity contribution < 1.29 is 27.4 Å². The quantitative estimate of drug-likeness (QED) is 0.338. The highest BCUT2D eigenvalue weighted by Crippen LogP contribution is 2.50. The number of halogens is 3. The molecule has 9 heteroatoms. The number of fused-ring (bicyclic) bond motifs is 1. The summed E-state index contributed by atoms with van der Waals surface area (Å²) < 4.78 is 60.0. The standard InChI is InChI=1S/C27H32F3N3O3/c1-15(18-8-7-9-20(24(18)28)26(4,29)30)31-25-19-12-23(36-14-27(10-11-27)16(2)34-5)22(35-6)13-21(19)32-17(3)33-25/h7-9,12-13,15-16H,10-11,14H2,1-6H3,(H,31,32,33)/t15-,16?/m1/s1. The summed E-state index contributed by atoms with van der Waals surface area (Å²) >= 11 is 0. The normalized spacial score (nSPS) is 16.5. The number of hydrogen-bond donors (Lipinski definition) is 1. The van der Waals surface area contributed by atoms with Crippen molar-refractivity contribution in [1.82, 2.24) is 9.97 Å². The van der Waals surface area contributed by atoms with Gasteiger partial charge >= 0.3 is 0 Å². The van der Waals surface area contributed by atoms with Crippen LogP contribution in [0.15, 0.2) is 30.3 Å². The van der Waals surface area contributed by atoms with Crippen LogP contribution in [0.4, 0.5) is 19.0 Å². The molecule has 2 aromatic carbocycles. The van der Waals surface area contributed by atoms with E-state index >= 15 is 0 Å². The molecule has 36 heavy (non-hydrogen) atoms. The first-order chi connectivity index (χ1) is 17.0. The van der Waals surface area contributed by atoms with Gasteiger partial charge in [0.15, 0.2) is 11.5 Å². The number of rotatable bonds is 10. The minimum absolute atomic E-state index is 0.0298. The Balaban J connectivity index is 1.68. The van der Waals surface area contributed by atoms with Gasteiger partial charge in [-0.1, -0.05) is 18.2 Å². The summed E-state index contributed by atoms with van der Waals surface area (Å²) in [4.78, 5) is 9.03. The molecular weight excluding hydrogens is 471 g/mol. The monoisotopic (exact) mass is 503 g/mol. The van der Waals surface area contributed by atoms with E-state index in [4.69, 9.17) is 14.2 Å². The Morgan fingerprint density at radius 2 is 1.83 bits per heavy atom. The van der Waals surface area contributed by atoms with E-state index in [1.807, 2.05) is 6.92 Å². The van der Waals surface area contributed by atoms with Crippen molar-refractivity contribution in [3.63, 3.8) is 0 Å². The lowest BCUT2D eigenvalue weighted by molar-refractivity contribution is 0.0136. The molecule has 0 saturated heterocycles. The fraction of sp³-hybridized carbons (Fsp3) is 0.481. The van der Waals surface area contributed by atoms with Crippen LogP contribution < -0.4 is 14.8 Å². The largest absolute Gasteiger partial charge is 0.493 e. The van der Waals surface area contributed by atoms with E-state index in [1.165, 1.54) is 12.1 Å². The van der Waals surface area contributed by atoms with Crippen molar-refractivity contribution in [2.75, 3.05) is 26.1 Å². The van der Waals surface area contributed by atoms with Gasteiger partial charge < -0.3 is 19.5 Å². The number of methoxy groups -OCH3 is 2. The lowest BCUT2D eigenvalue weighted by atomic mass is 10.0. The number of nitrogens with one attached hydrogen (secondary N) is 1. The predicted molar refractivity (Wildman–Crippen MR) is 132 cm³/mol. The van der Waals surface area contributed by atoms with Gasteiger partial charge in [0.25, 0.3) is 5.92 Å². The van der Waals surface area contributed by atoms with Gasteiger partial charge in [0, 0.05) is 36.5 Å². The van der Waals surface area contributed by atoms with Crippen molar-refractivity contribution in [2.45, 2.75) is 58.6 Å². The molecule has 0 spiro atoms. The molecule has 1 aromatic heterocycles. The highest BCUT2D eigenvalue weighted by atomic mass is 19.3. The van der Waals surface area contributed by atoms with Crippen LogP contribution in [-0.4, -0.2) is 36.9 Å². The Morgan fingerprint density at radius 3 is 2.44 bits per heavy atom. The number of aryl methyl sites for hydroxylation is 1. The molecule has 1 heterocycles. The number of aromatic nitrogens is 2. The smallest absolute Gasteiger partial charge is 0.273 e. The molecule has 0 aliphatic heterocycles. The molecule has 194 valence electrons. The third-order valence-electron chi connectivity index (χ3n) is 7.04. The van der Waals surface area contributed by atoms with Crippen molar-refractivity contribution in [3.8, 4) is 11.5 Å². The number of benzene rings is 2. The molecule has 1 N–H and O–H groups in total. The van der Waals surface area contributed by atoms with E-state index in [1.54, 1.807) is 40.2 Å². The molecule has 0 bridgehead atoms.